The molecule has 0 aliphatic carbocycles. The van der Waals surface area contributed by atoms with Crippen LogP contribution in [-0.2, 0) is 27.3 Å². The molecule has 2 fully saturated rings. The summed E-state index contributed by atoms with van der Waals surface area (Å²) in [4.78, 5) is 57.6. The molecule has 2 aliphatic rings. The Balaban J connectivity index is 1.56. The monoisotopic (exact) mass is 522 g/mol. The number of benzene rings is 2. The van der Waals surface area contributed by atoms with Crippen LogP contribution >= 0.6 is 0 Å². The Hall–Kier alpha value is -3.79. The van der Waals surface area contributed by atoms with Crippen molar-refractivity contribution >= 4 is 17.7 Å². The lowest BCUT2D eigenvalue weighted by molar-refractivity contribution is -0.573. The van der Waals surface area contributed by atoms with Crippen LogP contribution in [0.2, 0.25) is 0 Å². The largest absolute Gasteiger partial charge is 0.508 e. The van der Waals surface area contributed by atoms with Crippen molar-refractivity contribution in [1.29, 1.82) is 0 Å². The SMILES string of the molecule is CN1CC(C(C(=O)NCc2ccccc2)N(CCN2CCCC2=O)C(=O)CCc2ccc(O)cc2)[N+](=O)C1. The van der Waals surface area contributed by atoms with Crippen molar-refractivity contribution in [2.75, 3.05) is 39.9 Å². The summed E-state index contributed by atoms with van der Waals surface area (Å²) in [5.41, 5.74) is 1.79. The second-order valence-corrected chi connectivity index (χ2v) is 10.1. The third kappa shape index (κ3) is 6.95. The number of aryl methyl sites for hydroxylation is 1. The van der Waals surface area contributed by atoms with Crippen LogP contribution in [0, 0.1) is 4.91 Å². The van der Waals surface area contributed by atoms with Crippen molar-refractivity contribution in [3.8, 4) is 5.75 Å². The molecule has 2 N–H and O–H groups in total. The minimum Gasteiger partial charge on any atom is -0.508 e. The molecule has 3 amide bonds. The third-order valence-corrected chi connectivity index (χ3v) is 7.19. The highest BCUT2D eigenvalue weighted by Gasteiger charge is 2.49. The number of likely N-dealkylation sites (N-methyl/N-ethyl adjacent to an activating group) is 1. The molecule has 2 aromatic rings. The van der Waals surface area contributed by atoms with Gasteiger partial charge in [-0.15, -0.1) is 0 Å². The highest BCUT2D eigenvalue weighted by molar-refractivity contribution is 5.88. The normalized spacial score (nSPS) is 18.6. The van der Waals surface area contributed by atoms with Crippen LogP contribution in [0.15, 0.2) is 54.6 Å². The smallest absolute Gasteiger partial charge is 0.250 e. The number of nitrogens with one attached hydrogen (secondary N) is 1. The van der Waals surface area contributed by atoms with Gasteiger partial charge in [-0.25, -0.2) is 4.90 Å². The third-order valence-electron chi connectivity index (χ3n) is 7.19. The molecular weight excluding hydrogens is 486 g/mol. The lowest BCUT2D eigenvalue weighted by Gasteiger charge is -2.32. The van der Waals surface area contributed by atoms with Gasteiger partial charge >= 0.3 is 0 Å². The first-order valence-corrected chi connectivity index (χ1v) is 13.1. The Kier molecular flexibility index (Phi) is 9.06. The summed E-state index contributed by atoms with van der Waals surface area (Å²) in [6.45, 7) is 1.87. The van der Waals surface area contributed by atoms with Gasteiger partial charge in [-0.3, -0.25) is 14.4 Å². The van der Waals surface area contributed by atoms with E-state index in [2.05, 4.69) is 5.32 Å². The van der Waals surface area contributed by atoms with Gasteiger partial charge in [0.05, 0.1) is 6.54 Å². The van der Waals surface area contributed by atoms with Crippen LogP contribution in [0.25, 0.3) is 0 Å². The van der Waals surface area contributed by atoms with E-state index in [4.69, 9.17) is 0 Å². The number of carbonyl (C=O) groups excluding carboxylic acids is 3. The molecular formula is C28H36N5O5+. The van der Waals surface area contributed by atoms with Crippen LogP contribution in [-0.4, -0.2) is 94.3 Å². The van der Waals surface area contributed by atoms with Crippen molar-refractivity contribution in [3.05, 3.63) is 70.6 Å². The molecule has 2 saturated heterocycles. The summed E-state index contributed by atoms with van der Waals surface area (Å²) in [5.74, 6) is -0.459. The van der Waals surface area contributed by atoms with Gasteiger partial charge in [0.15, 0.2) is 6.04 Å². The Morgan fingerprint density at radius 3 is 2.50 bits per heavy atom. The fourth-order valence-electron chi connectivity index (χ4n) is 5.13. The number of nitrogens with zero attached hydrogens (tertiary/aromatic N) is 4. The predicted molar refractivity (Wildman–Crippen MR) is 141 cm³/mol. The molecule has 2 unspecified atom stereocenters. The number of aromatic hydroxyl groups is 1. The van der Waals surface area contributed by atoms with Crippen LogP contribution in [0.3, 0.4) is 0 Å². The van der Waals surface area contributed by atoms with E-state index in [0.717, 1.165) is 22.3 Å². The molecule has 38 heavy (non-hydrogen) atoms. The number of amides is 3. The second kappa shape index (κ2) is 12.6. The lowest BCUT2D eigenvalue weighted by Crippen LogP contribution is -2.59. The molecule has 4 rings (SSSR count). The van der Waals surface area contributed by atoms with E-state index in [-0.39, 0.29) is 49.7 Å². The number of phenols is 1. The molecule has 0 spiro atoms. The van der Waals surface area contributed by atoms with E-state index in [1.165, 1.54) is 4.90 Å². The fraction of sp³-hybridized carbons (Fsp3) is 0.464. The van der Waals surface area contributed by atoms with Gasteiger partial charge in [0, 0.05) is 48.7 Å². The molecule has 2 heterocycles. The highest BCUT2D eigenvalue weighted by Crippen LogP contribution is 2.20. The molecule has 202 valence electrons. The van der Waals surface area contributed by atoms with Crippen molar-refractivity contribution in [1.82, 2.24) is 20.0 Å². The summed E-state index contributed by atoms with van der Waals surface area (Å²) in [7, 11) is 1.81. The van der Waals surface area contributed by atoms with Gasteiger partial charge in [-0.2, -0.15) is 0 Å². The minimum atomic E-state index is -1.01. The van der Waals surface area contributed by atoms with Crippen LogP contribution in [0.5, 0.6) is 5.75 Å². The molecule has 0 saturated carbocycles. The number of rotatable bonds is 11. The lowest BCUT2D eigenvalue weighted by atomic mass is 10.0. The predicted octanol–water partition coefficient (Wildman–Crippen LogP) is 1.51. The number of nitroso groups, excluding NO2 is 1. The molecule has 10 heteroatoms. The first kappa shape index (κ1) is 27.3. The Labute approximate surface area is 222 Å². The first-order valence-electron chi connectivity index (χ1n) is 13.1. The summed E-state index contributed by atoms with van der Waals surface area (Å²) in [6.07, 6.45) is 1.80. The van der Waals surface area contributed by atoms with E-state index in [1.54, 1.807) is 29.2 Å². The quantitative estimate of drug-likeness (QED) is 0.433. The van der Waals surface area contributed by atoms with E-state index >= 15 is 0 Å². The highest BCUT2D eigenvalue weighted by atomic mass is 16.3. The van der Waals surface area contributed by atoms with E-state index in [9.17, 15) is 24.4 Å². The molecule has 2 atom stereocenters. The van der Waals surface area contributed by atoms with Gasteiger partial charge in [-0.1, -0.05) is 42.5 Å². The molecule has 0 bridgehead atoms. The Morgan fingerprint density at radius 1 is 1.13 bits per heavy atom. The Bertz CT molecular complexity index is 1140. The van der Waals surface area contributed by atoms with Crippen molar-refractivity contribution in [2.45, 2.75) is 44.3 Å². The first-order chi connectivity index (χ1) is 18.3. The van der Waals surface area contributed by atoms with Gasteiger partial charge in [0.2, 0.25) is 30.4 Å². The van der Waals surface area contributed by atoms with Gasteiger partial charge < -0.3 is 20.2 Å². The molecule has 2 aromatic carbocycles. The summed E-state index contributed by atoms with van der Waals surface area (Å²) in [5, 5.41) is 12.5. The molecule has 0 radical (unpaired) electrons. The van der Waals surface area contributed by atoms with Gasteiger partial charge in [-0.05, 0) is 43.1 Å². The topological polar surface area (TPSA) is 113 Å². The summed E-state index contributed by atoms with van der Waals surface area (Å²) < 4.78 is 0.869. The van der Waals surface area contributed by atoms with Crippen LogP contribution < -0.4 is 5.32 Å². The number of carbonyl (C=O) groups is 3. The summed E-state index contributed by atoms with van der Waals surface area (Å²) in [6, 6.07) is 14.4. The molecule has 2 aliphatic heterocycles. The standard InChI is InChI=1S/C28H35N5O5/c1-30-19-24(33(38)20-30)27(28(37)29-18-22-6-3-2-4-7-22)32(17-16-31-15-5-8-25(31)35)26(36)14-11-21-9-12-23(34)13-10-21/h2-4,6-7,9-10,12-13,24,27H,5,8,11,14-20H2,1H3,(H-,29,34,37)/p+1. The van der Waals surface area contributed by atoms with E-state index in [1.807, 2.05) is 42.3 Å². The van der Waals surface area contributed by atoms with Crippen LogP contribution in [0.1, 0.15) is 30.4 Å². The fourth-order valence-corrected chi connectivity index (χ4v) is 5.13. The maximum absolute atomic E-state index is 13.7. The number of hydrogen-bond donors (Lipinski definition) is 2. The number of likely N-dealkylation sites (tertiary alicyclic amines) is 1. The molecule has 0 aromatic heterocycles. The minimum absolute atomic E-state index is 0.0395. The zero-order valence-electron chi connectivity index (χ0n) is 21.8. The maximum atomic E-state index is 13.7. The average Bonchev–Trinajstić information content (AvgIpc) is 3.48. The summed E-state index contributed by atoms with van der Waals surface area (Å²) >= 11 is 0. The Morgan fingerprint density at radius 2 is 1.87 bits per heavy atom. The molecule has 10 nitrogen and oxygen atoms in total. The van der Waals surface area contributed by atoms with E-state index < -0.39 is 12.1 Å². The zero-order chi connectivity index (χ0) is 27.1. The van der Waals surface area contributed by atoms with Gasteiger partial charge in [0.1, 0.15) is 5.75 Å². The number of hydrogen-bond acceptors (Lipinski definition) is 6. The van der Waals surface area contributed by atoms with Crippen molar-refractivity contribution < 1.29 is 24.3 Å². The number of phenolic OH excluding ortho intramolecular Hbond substituents is 1. The van der Waals surface area contributed by atoms with Crippen molar-refractivity contribution in [2.24, 2.45) is 0 Å². The van der Waals surface area contributed by atoms with Crippen LogP contribution in [0.4, 0.5) is 0 Å². The van der Waals surface area contributed by atoms with E-state index in [0.29, 0.717) is 32.5 Å². The maximum Gasteiger partial charge on any atom is 0.250 e. The second-order valence-electron chi connectivity index (χ2n) is 10.1. The zero-order valence-corrected chi connectivity index (χ0v) is 21.8. The van der Waals surface area contributed by atoms with Crippen molar-refractivity contribution in [3.63, 3.8) is 0 Å². The van der Waals surface area contributed by atoms with Gasteiger partial charge in [0.25, 0.3) is 0 Å². The average molecular weight is 523 g/mol.